The summed E-state index contributed by atoms with van der Waals surface area (Å²) in [7, 11) is 1.63. The molecule has 7 heterocycles. The van der Waals surface area contributed by atoms with Gasteiger partial charge in [-0.15, -0.1) is 0 Å². The number of amides is 4. The van der Waals surface area contributed by atoms with Gasteiger partial charge in [0.15, 0.2) is 0 Å². The van der Waals surface area contributed by atoms with Crippen LogP contribution in [0.5, 0.6) is 11.6 Å². The number of benzene rings is 3. The Hall–Kier alpha value is -6.65. The molecule has 416 valence electrons. The SMILES string of the molecule is CCC1CC=C2CCN(c3cnc4c(c3C)N(C(=O)OC(C)(C)C)CCO4)CC2=NC1Nc1ccc(N2CCN(CCN3CCCCC(c4ccc(N5CCC(=O)N(Cc6ccc(OC)cc6)C5=O)c(C)c4)CC3)CC2)cc1. The maximum Gasteiger partial charge on any atom is 0.415 e. The van der Waals surface area contributed by atoms with Gasteiger partial charge < -0.3 is 34.2 Å². The van der Waals surface area contributed by atoms with Crippen LogP contribution in [0.25, 0.3) is 0 Å². The van der Waals surface area contributed by atoms with E-state index < -0.39 is 5.60 Å². The minimum atomic E-state index is -0.613. The van der Waals surface area contributed by atoms with Crippen molar-refractivity contribution < 1.29 is 28.6 Å². The topological polar surface area (TPSA) is 139 Å². The van der Waals surface area contributed by atoms with Crippen LogP contribution < -0.4 is 34.4 Å². The van der Waals surface area contributed by atoms with Crippen LogP contribution in [0.1, 0.15) is 107 Å². The number of anilines is 5. The zero-order valence-electron chi connectivity index (χ0n) is 47.3. The fourth-order valence-corrected chi connectivity index (χ4v) is 12.2. The van der Waals surface area contributed by atoms with Crippen LogP contribution in [0.3, 0.4) is 0 Å². The monoisotopic (exact) mass is 1060 g/mol. The first-order valence-corrected chi connectivity index (χ1v) is 28.8. The van der Waals surface area contributed by atoms with Gasteiger partial charge in [-0.05, 0) is 157 Å². The normalized spacial score (nSPS) is 21.8. The molecule has 1 aromatic heterocycles. The van der Waals surface area contributed by atoms with Crippen molar-refractivity contribution in [1.29, 1.82) is 0 Å². The first kappa shape index (κ1) is 54.7. The van der Waals surface area contributed by atoms with Gasteiger partial charge in [0.05, 0.1) is 44.3 Å². The van der Waals surface area contributed by atoms with E-state index in [1.54, 1.807) is 16.9 Å². The molecule has 4 amide bonds. The van der Waals surface area contributed by atoms with Gasteiger partial charge in [0.25, 0.3) is 0 Å². The van der Waals surface area contributed by atoms with Gasteiger partial charge in [-0.3, -0.25) is 29.4 Å². The minimum absolute atomic E-state index is 0.0562. The van der Waals surface area contributed by atoms with Gasteiger partial charge in [0.1, 0.15) is 29.8 Å². The second-order valence-corrected chi connectivity index (χ2v) is 23.1. The van der Waals surface area contributed by atoms with Crippen LogP contribution >= 0.6 is 0 Å². The average molecular weight is 1060 g/mol. The molecule has 16 nitrogen and oxygen atoms in total. The Labute approximate surface area is 462 Å². The molecule has 4 saturated heterocycles. The van der Waals surface area contributed by atoms with Gasteiger partial charge >= 0.3 is 12.1 Å². The fourth-order valence-electron chi connectivity index (χ4n) is 12.2. The van der Waals surface area contributed by atoms with E-state index in [1.807, 2.05) is 51.2 Å². The van der Waals surface area contributed by atoms with Crippen molar-refractivity contribution in [1.82, 2.24) is 19.7 Å². The number of piperidine rings is 1. The number of imide groups is 1. The van der Waals surface area contributed by atoms with Gasteiger partial charge in [0, 0.05) is 87.3 Å². The number of nitrogens with zero attached hydrogens (tertiary/aromatic N) is 9. The molecule has 16 heteroatoms. The summed E-state index contributed by atoms with van der Waals surface area (Å²) in [5, 5.41) is 3.85. The lowest BCUT2D eigenvalue weighted by atomic mass is 9.88. The van der Waals surface area contributed by atoms with Crippen LogP contribution in [0.4, 0.5) is 38.0 Å². The van der Waals surface area contributed by atoms with Crippen molar-refractivity contribution in [2.45, 2.75) is 117 Å². The number of carbonyl (C=O) groups is 3. The summed E-state index contributed by atoms with van der Waals surface area (Å²) >= 11 is 0. The molecule has 0 aliphatic carbocycles. The molecule has 4 aromatic rings. The zero-order valence-corrected chi connectivity index (χ0v) is 47.3. The molecule has 6 aliphatic rings. The predicted molar refractivity (Wildman–Crippen MR) is 311 cm³/mol. The number of nitrogens with one attached hydrogen (secondary N) is 1. The molecule has 78 heavy (non-hydrogen) atoms. The molecule has 3 unspecified atom stereocenters. The number of fused-ring (bicyclic) bond motifs is 2. The van der Waals surface area contributed by atoms with Crippen molar-refractivity contribution in [3.05, 3.63) is 107 Å². The van der Waals surface area contributed by atoms with E-state index in [2.05, 4.69) is 94.2 Å². The molecule has 10 rings (SSSR count). The molecular formula is C62H82N10O6. The van der Waals surface area contributed by atoms with Crippen molar-refractivity contribution >= 4 is 52.2 Å². The Morgan fingerprint density at radius 1 is 0.821 bits per heavy atom. The zero-order chi connectivity index (χ0) is 54.5. The van der Waals surface area contributed by atoms with Gasteiger partial charge in [-0.2, -0.15) is 0 Å². The number of rotatable bonds is 13. The number of methoxy groups -OCH3 is 1. The summed E-state index contributed by atoms with van der Waals surface area (Å²) in [6.07, 6.45) is 11.8. The van der Waals surface area contributed by atoms with Crippen molar-refractivity contribution in [2.75, 3.05) is 117 Å². The van der Waals surface area contributed by atoms with Crippen molar-refractivity contribution in [3.8, 4) is 11.6 Å². The minimum Gasteiger partial charge on any atom is -0.497 e. The third kappa shape index (κ3) is 12.6. The molecule has 0 spiro atoms. The highest BCUT2D eigenvalue weighted by molar-refractivity contribution is 6.06. The molecule has 3 aromatic carbocycles. The second-order valence-electron chi connectivity index (χ2n) is 23.1. The lowest BCUT2D eigenvalue weighted by Gasteiger charge is -2.37. The van der Waals surface area contributed by atoms with Crippen LogP contribution in [0, 0.1) is 19.8 Å². The number of hydrogen-bond donors (Lipinski definition) is 1. The molecule has 1 N–H and O–H groups in total. The molecule has 3 atom stereocenters. The Balaban J connectivity index is 0.698. The highest BCUT2D eigenvalue weighted by Crippen LogP contribution is 2.41. The van der Waals surface area contributed by atoms with Gasteiger partial charge in [0.2, 0.25) is 11.8 Å². The highest BCUT2D eigenvalue weighted by atomic mass is 16.6. The maximum atomic E-state index is 13.8. The van der Waals surface area contributed by atoms with E-state index in [-0.39, 0.29) is 30.7 Å². The van der Waals surface area contributed by atoms with Gasteiger partial charge in [-0.25, -0.2) is 14.6 Å². The quantitative estimate of drug-likeness (QED) is 0.136. The number of hydrogen-bond acceptors (Lipinski definition) is 13. The number of piperazine rings is 1. The number of aryl methyl sites for hydroxylation is 1. The summed E-state index contributed by atoms with van der Waals surface area (Å²) < 4.78 is 17.0. The number of carbonyl (C=O) groups excluding carboxylic acids is 3. The summed E-state index contributed by atoms with van der Waals surface area (Å²) in [5.41, 5.74) is 11.0. The van der Waals surface area contributed by atoms with E-state index in [0.29, 0.717) is 56.1 Å². The standard InChI is InChI=1S/C62H82N10O6/c1-8-46-14-15-48-25-29-69(55-40-63-59-57(44(55)3)71(37-38-77-59)61(75)78-62(4,5)6)42-53(48)65-58(46)64-50-17-19-51(20-18-50)68-35-33-67(34-36-68)32-31-66-27-10-9-11-47(24-28-66)49-16-23-54(43(2)39-49)70-30-26-56(73)72(60(70)74)41-45-12-21-52(76-7)22-13-45/h12-13,15-23,39-40,46-47,58,64H,8-11,14,24-38,41-42H2,1-7H3. The fraction of sp³-hybridized carbons (Fsp3) is 0.532. The van der Waals surface area contributed by atoms with E-state index in [1.165, 1.54) is 41.0 Å². The Kier molecular flexibility index (Phi) is 16.9. The third-order valence-electron chi connectivity index (χ3n) is 16.8. The molecule has 0 saturated carbocycles. The smallest absolute Gasteiger partial charge is 0.415 e. The Morgan fingerprint density at radius 2 is 1.59 bits per heavy atom. The number of ether oxygens (including phenoxy) is 3. The third-order valence-corrected chi connectivity index (χ3v) is 16.8. The van der Waals surface area contributed by atoms with E-state index in [0.717, 1.165) is 130 Å². The number of allylic oxidation sites excluding steroid dienone is 1. The second kappa shape index (κ2) is 24.2. The lowest BCUT2D eigenvalue weighted by Crippen LogP contribution is -2.52. The largest absolute Gasteiger partial charge is 0.497 e. The Bertz CT molecular complexity index is 2840. The number of aliphatic imine (C=N–C) groups is 1. The molecule has 6 aliphatic heterocycles. The van der Waals surface area contributed by atoms with E-state index in [9.17, 15) is 14.4 Å². The van der Waals surface area contributed by atoms with Crippen molar-refractivity contribution in [3.63, 3.8) is 0 Å². The number of aromatic nitrogens is 1. The maximum absolute atomic E-state index is 13.8. The van der Waals surface area contributed by atoms with E-state index >= 15 is 0 Å². The first-order chi connectivity index (χ1) is 37.7. The predicted octanol–water partition coefficient (Wildman–Crippen LogP) is 10.4. The summed E-state index contributed by atoms with van der Waals surface area (Å²) in [6, 6.07) is 22.9. The average Bonchev–Trinajstić information content (AvgIpc) is 3.61. The van der Waals surface area contributed by atoms with Crippen LogP contribution in [0.15, 0.2) is 89.6 Å². The number of urea groups is 1. The Morgan fingerprint density at radius 3 is 2.32 bits per heavy atom. The van der Waals surface area contributed by atoms with Gasteiger partial charge in [-0.1, -0.05) is 43.7 Å². The van der Waals surface area contributed by atoms with Crippen LogP contribution in [0.2, 0.25) is 0 Å². The summed E-state index contributed by atoms with van der Waals surface area (Å²) in [6.45, 7) is 23.5. The van der Waals surface area contributed by atoms with Crippen LogP contribution in [-0.2, 0) is 16.1 Å². The number of likely N-dealkylation sites (tertiary alicyclic amines) is 1. The van der Waals surface area contributed by atoms with E-state index in [4.69, 9.17) is 24.2 Å². The lowest BCUT2D eigenvalue weighted by molar-refractivity contribution is -0.129. The summed E-state index contributed by atoms with van der Waals surface area (Å²) in [5.74, 6) is 1.91. The first-order valence-electron chi connectivity index (χ1n) is 28.8. The van der Waals surface area contributed by atoms with Crippen molar-refractivity contribution in [2.24, 2.45) is 10.9 Å². The molecular weight excluding hydrogens is 981 g/mol. The molecule has 0 bridgehead atoms. The summed E-state index contributed by atoms with van der Waals surface area (Å²) in [4.78, 5) is 65.3. The molecule has 4 fully saturated rings. The number of pyridine rings is 1. The van der Waals surface area contributed by atoms with Crippen LogP contribution in [-0.4, -0.2) is 147 Å². The highest BCUT2D eigenvalue weighted by Gasteiger charge is 2.36. The molecule has 0 radical (unpaired) electrons.